The maximum Gasteiger partial charge on any atom is 0.132 e. The molecule has 1 fully saturated rings. The maximum atomic E-state index is 9.25. The van der Waals surface area contributed by atoms with Gasteiger partial charge < -0.3 is 10.0 Å². The van der Waals surface area contributed by atoms with Crippen molar-refractivity contribution in [2.45, 2.75) is 25.0 Å². The average molecular weight is 201 g/mol. The summed E-state index contributed by atoms with van der Waals surface area (Å²) in [6.45, 7) is 0. The zero-order valence-corrected chi connectivity index (χ0v) is 8.25. The molecule has 1 aliphatic carbocycles. The van der Waals surface area contributed by atoms with Crippen LogP contribution in [0.25, 0.3) is 0 Å². The van der Waals surface area contributed by atoms with E-state index in [-0.39, 0.29) is 11.9 Å². The van der Waals surface area contributed by atoms with E-state index >= 15 is 0 Å². The van der Waals surface area contributed by atoms with Gasteiger partial charge in [0.25, 0.3) is 0 Å². The normalized spacial score (nSPS) is 28.5. The zero-order chi connectivity index (χ0) is 9.42. The minimum atomic E-state index is 0.0325. The van der Waals surface area contributed by atoms with Gasteiger partial charge in [-0.05, 0) is 18.9 Å². The molecule has 0 saturated heterocycles. The summed E-state index contributed by atoms with van der Waals surface area (Å²) in [6, 6.07) is 0.600. The highest BCUT2D eigenvalue weighted by atomic mass is 35.5. The molecule has 1 atom stereocenters. The van der Waals surface area contributed by atoms with Crippen molar-refractivity contribution < 1.29 is 5.11 Å². The van der Waals surface area contributed by atoms with Gasteiger partial charge in [0.05, 0.1) is 5.03 Å². The van der Waals surface area contributed by atoms with Crippen molar-refractivity contribution in [1.82, 2.24) is 10.2 Å². The van der Waals surface area contributed by atoms with Crippen molar-refractivity contribution in [2.24, 2.45) is 0 Å². The van der Waals surface area contributed by atoms with Gasteiger partial charge >= 0.3 is 0 Å². The molecule has 0 bridgehead atoms. The van der Waals surface area contributed by atoms with Gasteiger partial charge in [0, 0.05) is 19.3 Å². The van der Waals surface area contributed by atoms with E-state index in [1.165, 1.54) is 12.8 Å². The van der Waals surface area contributed by atoms with Gasteiger partial charge in [0.2, 0.25) is 0 Å². The van der Waals surface area contributed by atoms with Crippen molar-refractivity contribution in [1.29, 1.82) is 0 Å². The third kappa shape index (κ3) is 1.98. The highest BCUT2D eigenvalue weighted by Gasteiger charge is 2.29. The maximum absolute atomic E-state index is 9.25. The molecule has 1 aliphatic heterocycles. The number of likely N-dealkylation sites (N-methyl/N-ethyl adjacent to an activating group) is 1. The van der Waals surface area contributed by atoms with E-state index < -0.39 is 0 Å². The van der Waals surface area contributed by atoms with E-state index in [9.17, 15) is 5.11 Å². The van der Waals surface area contributed by atoms with Gasteiger partial charge in [0.15, 0.2) is 0 Å². The van der Waals surface area contributed by atoms with Gasteiger partial charge in [-0.25, -0.2) is 0 Å². The number of hydrogen-bond acceptors (Lipinski definition) is 3. The van der Waals surface area contributed by atoms with Crippen LogP contribution in [0, 0.1) is 0 Å². The van der Waals surface area contributed by atoms with Crippen molar-refractivity contribution in [3.8, 4) is 0 Å². The van der Waals surface area contributed by atoms with Crippen molar-refractivity contribution >= 4 is 11.6 Å². The predicted molar refractivity (Wildman–Crippen MR) is 52.4 cm³/mol. The summed E-state index contributed by atoms with van der Waals surface area (Å²) in [5, 5.41) is 13.3. The number of nitrogens with one attached hydrogen (secondary N) is 1. The van der Waals surface area contributed by atoms with Crippen molar-refractivity contribution in [3.63, 3.8) is 0 Å². The molecule has 0 aromatic heterocycles. The quantitative estimate of drug-likeness (QED) is 0.710. The number of allylic oxidation sites excluding steroid dienone is 1. The molecule has 72 valence electrons. The summed E-state index contributed by atoms with van der Waals surface area (Å²) in [4.78, 5) is 1.88. The summed E-state index contributed by atoms with van der Waals surface area (Å²) >= 11 is 6.00. The first-order chi connectivity index (χ1) is 6.16. The van der Waals surface area contributed by atoms with E-state index in [1.807, 2.05) is 11.9 Å². The van der Waals surface area contributed by atoms with Crippen molar-refractivity contribution in [3.05, 3.63) is 23.1 Å². The van der Waals surface area contributed by atoms with Gasteiger partial charge in [-0.3, -0.25) is 5.32 Å². The highest BCUT2D eigenvalue weighted by molar-refractivity contribution is 6.30. The lowest BCUT2D eigenvalue weighted by atomic mass is 10.2. The second kappa shape index (κ2) is 3.24. The molecule has 1 unspecified atom stereocenters. The second-order valence-electron chi connectivity index (χ2n) is 3.59. The van der Waals surface area contributed by atoms with Crippen LogP contribution >= 0.6 is 11.6 Å². The molecule has 0 amide bonds. The first-order valence-corrected chi connectivity index (χ1v) is 4.80. The lowest BCUT2D eigenvalue weighted by Gasteiger charge is -2.30. The molecule has 3 nitrogen and oxygen atoms in total. The fourth-order valence-electron chi connectivity index (χ4n) is 1.41. The Morgan fingerprint density at radius 1 is 1.62 bits per heavy atom. The Labute approximate surface area is 82.7 Å². The standard InChI is InChI=1S/C9H13ClN2O/c1-12-5-7(13)4-8(10)9(12)11-6-2-3-6/h4-6,9,11,13H,2-3H2,1H3. The number of aliphatic hydroxyl groups is 1. The molecule has 4 heteroatoms. The molecule has 2 N–H and O–H groups in total. The van der Waals surface area contributed by atoms with Crippen LogP contribution in [-0.2, 0) is 0 Å². The van der Waals surface area contributed by atoms with Gasteiger partial charge in [-0.15, -0.1) is 0 Å². The first kappa shape index (κ1) is 8.91. The monoisotopic (exact) mass is 200 g/mol. The minimum Gasteiger partial charge on any atom is -0.506 e. The van der Waals surface area contributed by atoms with Crippen LogP contribution in [0.3, 0.4) is 0 Å². The predicted octanol–water partition coefficient (Wildman–Crippen LogP) is 1.53. The molecule has 2 rings (SSSR count). The molecule has 0 spiro atoms. The summed E-state index contributed by atoms with van der Waals surface area (Å²) < 4.78 is 0. The van der Waals surface area contributed by atoms with E-state index in [0.717, 1.165) is 0 Å². The van der Waals surface area contributed by atoms with Crippen LogP contribution in [0.2, 0.25) is 0 Å². The van der Waals surface area contributed by atoms with Gasteiger partial charge in [0.1, 0.15) is 11.9 Å². The van der Waals surface area contributed by atoms with Gasteiger partial charge in [-0.2, -0.15) is 0 Å². The average Bonchev–Trinajstić information content (AvgIpc) is 2.79. The largest absolute Gasteiger partial charge is 0.506 e. The number of hydrogen-bond donors (Lipinski definition) is 2. The Morgan fingerprint density at radius 3 is 2.85 bits per heavy atom. The summed E-state index contributed by atoms with van der Waals surface area (Å²) in [6.07, 6.45) is 5.74. The van der Waals surface area contributed by atoms with E-state index in [1.54, 1.807) is 12.3 Å². The molecule has 1 heterocycles. The molecule has 0 aromatic rings. The van der Waals surface area contributed by atoms with Crippen LogP contribution in [-0.4, -0.2) is 29.3 Å². The van der Waals surface area contributed by atoms with Crippen LogP contribution < -0.4 is 5.32 Å². The zero-order valence-electron chi connectivity index (χ0n) is 7.50. The topological polar surface area (TPSA) is 35.5 Å². The fraction of sp³-hybridized carbons (Fsp3) is 0.556. The third-order valence-corrected chi connectivity index (χ3v) is 2.58. The number of aliphatic hydroxyl groups excluding tert-OH is 1. The van der Waals surface area contributed by atoms with Crippen molar-refractivity contribution in [2.75, 3.05) is 7.05 Å². The number of rotatable bonds is 2. The fourth-order valence-corrected chi connectivity index (χ4v) is 1.73. The van der Waals surface area contributed by atoms with Gasteiger partial charge in [-0.1, -0.05) is 11.6 Å². The first-order valence-electron chi connectivity index (χ1n) is 4.42. The molecule has 2 aliphatic rings. The van der Waals surface area contributed by atoms with Crippen LogP contribution in [0.15, 0.2) is 23.1 Å². The molecule has 13 heavy (non-hydrogen) atoms. The SMILES string of the molecule is CN1C=C(O)C=C(Cl)C1NC1CC1. The lowest BCUT2D eigenvalue weighted by molar-refractivity contribution is 0.291. The minimum absolute atomic E-state index is 0.0325. The van der Waals surface area contributed by atoms with Crippen LogP contribution in [0.1, 0.15) is 12.8 Å². The molecular formula is C9H13ClN2O. The Morgan fingerprint density at radius 2 is 2.31 bits per heavy atom. The molecule has 1 saturated carbocycles. The number of nitrogens with zero attached hydrogens (tertiary/aromatic N) is 1. The highest BCUT2D eigenvalue weighted by Crippen LogP contribution is 2.25. The Bertz CT molecular complexity index is 271. The Kier molecular flexibility index (Phi) is 2.22. The summed E-state index contributed by atoms with van der Waals surface area (Å²) in [7, 11) is 1.89. The van der Waals surface area contributed by atoms with Crippen LogP contribution in [0.4, 0.5) is 0 Å². The summed E-state index contributed by atoms with van der Waals surface area (Å²) in [5.41, 5.74) is 0. The Balaban J connectivity index is 2.05. The second-order valence-corrected chi connectivity index (χ2v) is 4.03. The Hall–Kier alpha value is -0.670. The smallest absolute Gasteiger partial charge is 0.132 e. The van der Waals surface area contributed by atoms with E-state index in [2.05, 4.69) is 5.32 Å². The van der Waals surface area contributed by atoms with E-state index in [0.29, 0.717) is 11.1 Å². The third-order valence-electron chi connectivity index (χ3n) is 2.26. The number of halogens is 1. The summed E-state index contributed by atoms with van der Waals surface area (Å²) in [5.74, 6) is 0.210. The van der Waals surface area contributed by atoms with Crippen LogP contribution in [0.5, 0.6) is 0 Å². The van der Waals surface area contributed by atoms with E-state index in [4.69, 9.17) is 11.6 Å². The molecule has 0 radical (unpaired) electrons. The molecular weight excluding hydrogens is 188 g/mol. The lowest BCUT2D eigenvalue weighted by Crippen LogP contribution is -2.43. The molecule has 0 aromatic carbocycles.